The lowest BCUT2D eigenvalue weighted by atomic mass is 10.3. The van der Waals surface area contributed by atoms with Crippen molar-refractivity contribution in [3.8, 4) is 5.75 Å². The molecule has 0 amide bonds. The number of rotatable bonds is 7. The van der Waals surface area contributed by atoms with Crippen LogP contribution in [0.15, 0.2) is 60.7 Å². The van der Waals surface area contributed by atoms with Gasteiger partial charge in [-0.15, -0.1) is 0 Å². The van der Waals surface area contributed by atoms with Gasteiger partial charge >= 0.3 is 7.82 Å². The molecule has 1 atom stereocenters. The zero-order chi connectivity index (χ0) is 14.3. The van der Waals surface area contributed by atoms with E-state index < -0.39 is 7.82 Å². The molecule has 0 heterocycles. The fourth-order valence-corrected chi connectivity index (χ4v) is 2.32. The second-order valence-electron chi connectivity index (χ2n) is 4.00. The Morgan fingerprint density at radius 1 is 1.00 bits per heavy atom. The highest BCUT2D eigenvalue weighted by Crippen LogP contribution is 2.43. The van der Waals surface area contributed by atoms with E-state index in [1.807, 2.05) is 30.3 Å². The Balaban J connectivity index is 1.74. The lowest BCUT2D eigenvalue weighted by Crippen LogP contribution is -2.09. The summed E-state index contributed by atoms with van der Waals surface area (Å²) in [4.78, 5) is 9.55. The third-order valence-electron chi connectivity index (χ3n) is 2.42. The molecular weight excluding hydrogens is 277 g/mol. The van der Waals surface area contributed by atoms with Crippen LogP contribution in [-0.2, 0) is 9.09 Å². The van der Waals surface area contributed by atoms with E-state index in [1.54, 1.807) is 30.3 Å². The summed E-state index contributed by atoms with van der Waals surface area (Å²) in [6.45, 7) is 0.474. The molecule has 0 saturated heterocycles. The average molecular weight is 293 g/mol. The van der Waals surface area contributed by atoms with Gasteiger partial charge in [0.15, 0.2) is 0 Å². The molecule has 2 aromatic carbocycles. The predicted octanol–water partition coefficient (Wildman–Crippen LogP) is 3.29. The van der Waals surface area contributed by atoms with Gasteiger partial charge in [-0.2, -0.15) is 0 Å². The van der Waals surface area contributed by atoms with Crippen molar-refractivity contribution in [1.29, 1.82) is 0 Å². The minimum absolute atomic E-state index is 0.0650. The minimum atomic E-state index is -4.08. The summed E-state index contributed by atoms with van der Waals surface area (Å²) in [5.41, 5.74) is 0.924. The van der Waals surface area contributed by atoms with Gasteiger partial charge in [0, 0.05) is 12.2 Å². The molecule has 0 bridgehead atoms. The first-order valence-electron chi connectivity index (χ1n) is 6.17. The molecule has 0 saturated carbocycles. The first kappa shape index (κ1) is 14.6. The third-order valence-corrected chi connectivity index (χ3v) is 3.37. The molecule has 0 aromatic heterocycles. The molecule has 0 radical (unpaired) electrons. The molecule has 6 heteroatoms. The number of phosphoric ester groups is 1. The molecule has 5 nitrogen and oxygen atoms in total. The van der Waals surface area contributed by atoms with Gasteiger partial charge in [0.2, 0.25) is 0 Å². The van der Waals surface area contributed by atoms with Gasteiger partial charge in [-0.05, 0) is 24.3 Å². The minimum Gasteiger partial charge on any atom is -0.404 e. The van der Waals surface area contributed by atoms with Crippen molar-refractivity contribution in [2.45, 2.75) is 0 Å². The summed E-state index contributed by atoms with van der Waals surface area (Å²) in [5.74, 6) is 0.300. The van der Waals surface area contributed by atoms with E-state index in [4.69, 9.17) is 9.05 Å². The monoisotopic (exact) mass is 293 g/mol. The second-order valence-corrected chi connectivity index (χ2v) is 5.38. The zero-order valence-electron chi connectivity index (χ0n) is 10.8. The summed E-state index contributed by atoms with van der Waals surface area (Å²) in [5, 5.41) is 3.07. The van der Waals surface area contributed by atoms with Crippen LogP contribution < -0.4 is 9.84 Å². The Kier molecular flexibility index (Phi) is 5.18. The van der Waals surface area contributed by atoms with E-state index >= 15 is 0 Å². The second kappa shape index (κ2) is 7.10. The Hall–Kier alpha value is -1.81. The first-order chi connectivity index (χ1) is 9.66. The zero-order valence-corrected chi connectivity index (χ0v) is 11.7. The maximum Gasteiger partial charge on any atom is 0.527 e. The largest absolute Gasteiger partial charge is 0.527 e. The topological polar surface area (TPSA) is 67.8 Å². The van der Waals surface area contributed by atoms with Crippen LogP contribution in [0.4, 0.5) is 5.69 Å². The summed E-state index contributed by atoms with van der Waals surface area (Å²) in [6, 6.07) is 17.9. The van der Waals surface area contributed by atoms with Crippen molar-refractivity contribution in [3.63, 3.8) is 0 Å². The van der Waals surface area contributed by atoms with Gasteiger partial charge < -0.3 is 9.84 Å². The maximum atomic E-state index is 11.7. The Morgan fingerprint density at radius 3 is 2.25 bits per heavy atom. The van der Waals surface area contributed by atoms with Crippen molar-refractivity contribution in [1.82, 2.24) is 0 Å². The van der Waals surface area contributed by atoms with Crippen molar-refractivity contribution < 1.29 is 18.5 Å². The maximum absolute atomic E-state index is 11.7. The van der Waals surface area contributed by atoms with Gasteiger partial charge in [-0.25, -0.2) is 4.57 Å². The van der Waals surface area contributed by atoms with Crippen LogP contribution in [0.1, 0.15) is 0 Å². The average Bonchev–Trinajstić information content (AvgIpc) is 2.45. The summed E-state index contributed by atoms with van der Waals surface area (Å²) >= 11 is 0. The summed E-state index contributed by atoms with van der Waals surface area (Å²) < 4.78 is 21.5. The molecule has 2 rings (SSSR count). The number of nitrogens with one attached hydrogen (secondary N) is 1. The van der Waals surface area contributed by atoms with Crippen molar-refractivity contribution in [3.05, 3.63) is 60.7 Å². The van der Waals surface area contributed by atoms with E-state index in [1.165, 1.54) is 0 Å². The van der Waals surface area contributed by atoms with Crippen LogP contribution in [0.5, 0.6) is 5.75 Å². The fourth-order valence-electron chi connectivity index (χ4n) is 1.55. The Bertz CT molecular complexity index is 562. The molecular formula is C14H16NO4P. The summed E-state index contributed by atoms with van der Waals surface area (Å²) in [7, 11) is -4.08. The smallest absolute Gasteiger partial charge is 0.404 e. The third kappa shape index (κ3) is 5.05. The van der Waals surface area contributed by atoms with Crippen LogP contribution in [-0.4, -0.2) is 18.0 Å². The molecule has 0 spiro atoms. The normalized spacial score (nSPS) is 13.4. The van der Waals surface area contributed by atoms with Crippen LogP contribution in [0, 0.1) is 0 Å². The highest BCUT2D eigenvalue weighted by molar-refractivity contribution is 7.47. The van der Waals surface area contributed by atoms with Crippen LogP contribution in [0.2, 0.25) is 0 Å². The van der Waals surface area contributed by atoms with E-state index in [9.17, 15) is 9.46 Å². The number of anilines is 1. The fraction of sp³-hybridized carbons (Fsp3) is 0.143. The van der Waals surface area contributed by atoms with Gasteiger partial charge in [0.25, 0.3) is 0 Å². The Labute approximate surface area is 117 Å². The van der Waals surface area contributed by atoms with E-state index in [-0.39, 0.29) is 6.61 Å². The molecule has 1 unspecified atom stereocenters. The lowest BCUT2D eigenvalue weighted by Gasteiger charge is -2.13. The predicted molar refractivity (Wildman–Crippen MR) is 77.8 cm³/mol. The van der Waals surface area contributed by atoms with Crippen molar-refractivity contribution >= 4 is 13.5 Å². The molecule has 20 heavy (non-hydrogen) atoms. The van der Waals surface area contributed by atoms with Crippen LogP contribution >= 0.6 is 7.82 Å². The number of benzene rings is 2. The number of phosphoric acid groups is 1. The molecule has 0 aliphatic carbocycles. The van der Waals surface area contributed by atoms with Gasteiger partial charge in [0.05, 0.1) is 6.61 Å². The number of para-hydroxylation sites is 2. The molecule has 0 aliphatic heterocycles. The lowest BCUT2D eigenvalue weighted by molar-refractivity contribution is 0.210. The van der Waals surface area contributed by atoms with Crippen molar-refractivity contribution in [2.24, 2.45) is 0 Å². The number of hydrogen-bond acceptors (Lipinski definition) is 4. The Morgan fingerprint density at radius 2 is 1.60 bits per heavy atom. The van der Waals surface area contributed by atoms with Crippen LogP contribution in [0.3, 0.4) is 0 Å². The first-order valence-corrected chi connectivity index (χ1v) is 7.66. The highest BCUT2D eigenvalue weighted by atomic mass is 31.2. The molecule has 2 N–H and O–H groups in total. The summed E-state index contributed by atoms with van der Waals surface area (Å²) in [6.07, 6.45) is 0. The quantitative estimate of drug-likeness (QED) is 0.605. The van der Waals surface area contributed by atoms with Gasteiger partial charge in [0.1, 0.15) is 5.75 Å². The van der Waals surface area contributed by atoms with Crippen LogP contribution in [0.25, 0.3) is 0 Å². The van der Waals surface area contributed by atoms with Gasteiger partial charge in [-0.1, -0.05) is 36.4 Å². The molecule has 0 aliphatic rings. The standard InChI is InChI=1S/C14H16NO4P/c16-20(17,19-14-9-5-2-6-10-14)18-12-11-15-13-7-3-1-4-8-13/h1-10,15H,11-12H2,(H,16,17). The van der Waals surface area contributed by atoms with Gasteiger partial charge in [-0.3, -0.25) is 9.42 Å². The molecule has 2 aromatic rings. The van der Waals surface area contributed by atoms with E-state index in [2.05, 4.69) is 5.32 Å². The highest BCUT2D eigenvalue weighted by Gasteiger charge is 2.22. The van der Waals surface area contributed by atoms with E-state index in [0.717, 1.165) is 5.69 Å². The molecule has 0 fully saturated rings. The number of hydrogen-bond donors (Lipinski definition) is 2. The SMILES string of the molecule is O=P(O)(OCCNc1ccccc1)Oc1ccccc1. The van der Waals surface area contributed by atoms with Crippen molar-refractivity contribution in [2.75, 3.05) is 18.5 Å². The molecule has 106 valence electrons. The van der Waals surface area contributed by atoms with E-state index in [0.29, 0.717) is 12.3 Å².